The Labute approximate surface area is 265 Å². The van der Waals surface area contributed by atoms with E-state index in [1.165, 1.54) is 50.4 Å². The Kier molecular flexibility index (Phi) is 14.9. The van der Waals surface area contributed by atoms with Crippen LogP contribution >= 0.6 is 0 Å². The molecule has 0 aliphatic carbocycles. The Hall–Kier alpha value is -3.21. The largest absolute Gasteiger partial charge is 0.465 e. The topological polar surface area (TPSA) is 236 Å². The fourth-order valence-corrected chi connectivity index (χ4v) is 4.47. The van der Waals surface area contributed by atoms with Crippen LogP contribution in [0.2, 0.25) is 0 Å². The summed E-state index contributed by atoms with van der Waals surface area (Å²) < 4.78 is 44.1. The van der Waals surface area contributed by atoms with Crippen LogP contribution in [0.4, 0.5) is 10.3 Å². The molecule has 1 aromatic heterocycles. The van der Waals surface area contributed by atoms with Crippen molar-refractivity contribution < 1.29 is 63.1 Å². The van der Waals surface area contributed by atoms with E-state index in [0.29, 0.717) is 16.8 Å². The van der Waals surface area contributed by atoms with Crippen LogP contribution in [0, 0.1) is 5.82 Å². The number of ether oxygens (including phenoxy) is 1. The monoisotopic (exact) mass is 677 g/mol. The molecule has 0 bridgehead atoms. The molecule has 0 fully saturated rings. The van der Waals surface area contributed by atoms with Gasteiger partial charge in [-0.15, -0.1) is 0 Å². The van der Waals surface area contributed by atoms with Crippen molar-refractivity contribution in [2.24, 2.45) is 0 Å². The molecule has 4 atom stereocenters. The number of rotatable bonds is 18. The number of carbonyl (C=O) groups excluding carboxylic acids is 1. The number of carbonyl (C=O) groups is 1. The van der Waals surface area contributed by atoms with Gasteiger partial charge in [-0.1, -0.05) is 26.0 Å². The summed E-state index contributed by atoms with van der Waals surface area (Å²) in [7, 11) is -2.42. The number of anilines is 1. The average molecular weight is 678 g/mol. The zero-order valence-electron chi connectivity index (χ0n) is 25.8. The van der Waals surface area contributed by atoms with Gasteiger partial charge < -0.3 is 14.9 Å². The van der Waals surface area contributed by atoms with E-state index in [1.54, 1.807) is 0 Å². The lowest BCUT2D eigenvalue weighted by molar-refractivity contribution is -0.537. The molecule has 17 nitrogen and oxygen atoms in total. The number of sulfonamides is 1. The van der Waals surface area contributed by atoms with Gasteiger partial charge in [0.15, 0.2) is 0 Å². The van der Waals surface area contributed by atoms with Crippen LogP contribution in [0.25, 0.3) is 17.3 Å². The molecule has 258 valence electrons. The second kappa shape index (κ2) is 17.6. The highest BCUT2D eigenvalue weighted by Gasteiger charge is 2.26. The highest BCUT2D eigenvalue weighted by atomic mass is 32.2. The molecule has 6 N–H and O–H groups in total. The van der Waals surface area contributed by atoms with Crippen LogP contribution < -0.4 is 4.31 Å². The molecule has 46 heavy (non-hydrogen) atoms. The summed E-state index contributed by atoms with van der Waals surface area (Å²) >= 11 is 0. The maximum absolute atomic E-state index is 13.7. The summed E-state index contributed by atoms with van der Waals surface area (Å²) in [6.45, 7) is 4.61. The van der Waals surface area contributed by atoms with Crippen molar-refractivity contribution in [3.8, 4) is 11.3 Å². The molecule has 4 unspecified atom stereocenters. The molecule has 1 aromatic carbocycles. The molecule has 0 spiro atoms. The number of nitrogens with zero attached hydrogens (tertiary/aromatic N) is 5. The Bertz CT molecular complexity index is 1410. The summed E-state index contributed by atoms with van der Waals surface area (Å²) in [4.78, 5) is 30.3. The minimum atomic E-state index is -3.72. The number of hydrogen-bond acceptors (Lipinski definition) is 16. The van der Waals surface area contributed by atoms with Gasteiger partial charge in [0, 0.05) is 31.0 Å². The molecular formula is C27H40FN5O12S. The van der Waals surface area contributed by atoms with Crippen molar-refractivity contribution in [1.29, 1.82) is 0 Å². The Morgan fingerprint density at radius 3 is 2.17 bits per heavy atom. The smallest absolute Gasteiger partial charge is 0.308 e. The predicted octanol–water partition coefficient (Wildman–Crippen LogP) is 2.03. The summed E-state index contributed by atoms with van der Waals surface area (Å²) in [5, 5.41) is 55.1. The van der Waals surface area contributed by atoms with Crippen LogP contribution in [0.1, 0.15) is 57.2 Å². The Morgan fingerprint density at radius 1 is 1.02 bits per heavy atom. The fourth-order valence-electron chi connectivity index (χ4n) is 4.09. The van der Waals surface area contributed by atoms with Gasteiger partial charge in [0.25, 0.3) is 0 Å². The molecule has 2 rings (SSSR count). The summed E-state index contributed by atoms with van der Waals surface area (Å²) in [6, 6.07) is 5.37. The van der Waals surface area contributed by atoms with Crippen molar-refractivity contribution in [2.75, 3.05) is 24.2 Å². The second-order valence-electron chi connectivity index (χ2n) is 10.6. The van der Waals surface area contributed by atoms with Crippen molar-refractivity contribution in [3.63, 3.8) is 0 Å². The van der Waals surface area contributed by atoms with Crippen molar-refractivity contribution in [2.45, 2.75) is 70.4 Å². The van der Waals surface area contributed by atoms with Gasteiger partial charge in [0.1, 0.15) is 18.0 Å². The van der Waals surface area contributed by atoms with Crippen LogP contribution in [0.15, 0.2) is 30.3 Å². The van der Waals surface area contributed by atoms with E-state index < -0.39 is 63.4 Å². The van der Waals surface area contributed by atoms with E-state index in [2.05, 4.69) is 19.6 Å². The molecule has 0 saturated heterocycles. The zero-order chi connectivity index (χ0) is 34.8. The van der Waals surface area contributed by atoms with E-state index in [0.717, 1.165) is 10.6 Å². The Morgan fingerprint density at radius 2 is 1.63 bits per heavy atom. The molecule has 0 radical (unpaired) electrons. The van der Waals surface area contributed by atoms with Gasteiger partial charge in [-0.3, -0.25) is 25.6 Å². The predicted molar refractivity (Wildman–Crippen MR) is 157 cm³/mol. The lowest BCUT2D eigenvalue weighted by Crippen LogP contribution is -2.38. The van der Waals surface area contributed by atoms with Crippen LogP contribution in [-0.4, -0.2) is 111 Å². The fraction of sp³-hybridized carbons (Fsp3) is 0.519. The maximum Gasteiger partial charge on any atom is 0.308 e. The third-order valence-corrected chi connectivity index (χ3v) is 7.65. The number of aliphatic hydroxyl groups is 2. The van der Waals surface area contributed by atoms with Gasteiger partial charge >= 0.3 is 5.97 Å². The summed E-state index contributed by atoms with van der Waals surface area (Å²) in [6.07, 6.45) is -2.08. The normalized spacial score (nSPS) is 15.0. The Balaban J connectivity index is 2.17. The standard InChI is InChI=1S/C27H40FN5O12S/c1-16(2)25-22(26(18-6-8-19(28)9-7-18)30-27(29-25)31(4)46(5,41)42)11-10-20(34)14-21(35)15-24(36)43-13-12-23(45-33(39)40)17(3)44-32(37)38/h6-11,16-17,20-21,23,34-35,37-40H,12-15H2,1-5H3/b11-10+. The average Bonchev–Trinajstić information content (AvgIpc) is 2.93. The minimum Gasteiger partial charge on any atom is -0.465 e. The highest BCUT2D eigenvalue weighted by Crippen LogP contribution is 2.31. The molecule has 2 aromatic rings. The highest BCUT2D eigenvalue weighted by molar-refractivity contribution is 7.92. The minimum absolute atomic E-state index is 0.106. The van der Waals surface area contributed by atoms with Gasteiger partial charge in [-0.25, -0.2) is 36.8 Å². The first-order valence-corrected chi connectivity index (χ1v) is 15.7. The lowest BCUT2D eigenvalue weighted by Gasteiger charge is -2.24. The van der Waals surface area contributed by atoms with E-state index in [9.17, 15) is 27.8 Å². The van der Waals surface area contributed by atoms with Crippen LogP contribution in [0.5, 0.6) is 0 Å². The van der Waals surface area contributed by atoms with Crippen molar-refractivity contribution in [3.05, 3.63) is 47.4 Å². The summed E-state index contributed by atoms with van der Waals surface area (Å²) in [5.41, 5.74) is 1.58. The molecule has 0 saturated carbocycles. The molecule has 19 heteroatoms. The number of aromatic nitrogens is 2. The first-order chi connectivity index (χ1) is 21.4. The third-order valence-electron chi connectivity index (χ3n) is 6.49. The molecule has 0 aliphatic rings. The molecule has 0 aliphatic heterocycles. The molecule has 0 amide bonds. The number of benzene rings is 1. The summed E-state index contributed by atoms with van der Waals surface area (Å²) in [5.74, 6) is -1.69. The first kappa shape index (κ1) is 39.0. The van der Waals surface area contributed by atoms with Crippen molar-refractivity contribution >= 4 is 28.0 Å². The second-order valence-corrected chi connectivity index (χ2v) is 12.6. The number of aliphatic hydroxyl groups excluding tert-OH is 2. The number of esters is 1. The van der Waals surface area contributed by atoms with Gasteiger partial charge in [0.2, 0.25) is 16.0 Å². The maximum atomic E-state index is 13.7. The van der Waals surface area contributed by atoms with Crippen molar-refractivity contribution in [1.82, 2.24) is 20.7 Å². The van der Waals surface area contributed by atoms with Crippen LogP contribution in [-0.2, 0) is 29.2 Å². The van der Waals surface area contributed by atoms with Gasteiger partial charge in [0.05, 0.1) is 53.7 Å². The lowest BCUT2D eigenvalue weighted by atomic mass is 9.97. The van der Waals surface area contributed by atoms with E-state index in [-0.39, 0.29) is 37.0 Å². The molecular weight excluding hydrogens is 637 g/mol. The third kappa shape index (κ3) is 12.5. The first-order valence-electron chi connectivity index (χ1n) is 13.9. The van der Waals surface area contributed by atoms with E-state index in [1.807, 2.05) is 13.8 Å². The van der Waals surface area contributed by atoms with E-state index in [4.69, 9.17) is 25.6 Å². The quantitative estimate of drug-likeness (QED) is 0.0978. The van der Waals surface area contributed by atoms with Crippen LogP contribution in [0.3, 0.4) is 0 Å². The molecule has 1 heterocycles. The van der Waals surface area contributed by atoms with Gasteiger partial charge in [-0.2, -0.15) is 0 Å². The number of halogens is 1. The SMILES string of the molecule is CC(C)c1nc(N(C)S(C)(=O)=O)nc(-c2ccc(F)cc2)c1/C=C/C(O)CC(O)CC(=O)OCCC(ON(O)O)C(C)ON(O)O. The number of hydrogen-bond donors (Lipinski definition) is 6. The zero-order valence-corrected chi connectivity index (χ0v) is 26.7. The van der Waals surface area contributed by atoms with Gasteiger partial charge in [-0.05, 0) is 37.1 Å². The van der Waals surface area contributed by atoms with E-state index >= 15 is 0 Å².